The fraction of sp³-hybridized carbons (Fsp3) is 0.312. The summed E-state index contributed by atoms with van der Waals surface area (Å²) >= 11 is 0. The van der Waals surface area contributed by atoms with Crippen molar-refractivity contribution in [2.24, 2.45) is 0 Å². The van der Waals surface area contributed by atoms with Crippen LogP contribution in [0.5, 0.6) is 0 Å². The van der Waals surface area contributed by atoms with Crippen molar-refractivity contribution in [2.75, 3.05) is 13.1 Å². The predicted molar refractivity (Wildman–Crippen MR) is 81.1 cm³/mol. The fourth-order valence-electron chi connectivity index (χ4n) is 2.96. The van der Waals surface area contributed by atoms with Gasteiger partial charge in [-0.1, -0.05) is 6.07 Å². The number of pyridine rings is 1. The molecule has 0 atom stereocenters. The molecule has 5 nitrogen and oxygen atoms in total. The Hall–Kier alpha value is -2.27. The van der Waals surface area contributed by atoms with Crippen LogP contribution in [-0.2, 0) is 0 Å². The van der Waals surface area contributed by atoms with Gasteiger partial charge in [-0.15, -0.1) is 0 Å². The molecule has 0 saturated carbocycles. The molecule has 1 aliphatic heterocycles. The van der Waals surface area contributed by atoms with Gasteiger partial charge in [0.2, 0.25) is 5.78 Å². The minimum Gasteiger partial charge on any atom is -0.317 e. The lowest BCUT2D eigenvalue weighted by Gasteiger charge is -2.22. The van der Waals surface area contributed by atoms with Crippen LogP contribution in [0.2, 0.25) is 0 Å². The van der Waals surface area contributed by atoms with Crippen LogP contribution in [0.15, 0.2) is 42.9 Å². The van der Waals surface area contributed by atoms with Crippen molar-refractivity contribution in [3.05, 3.63) is 48.5 Å². The number of aromatic nitrogens is 4. The molecule has 3 aromatic rings. The first-order chi connectivity index (χ1) is 10.4. The van der Waals surface area contributed by atoms with Gasteiger partial charge < -0.3 is 5.32 Å². The molecule has 4 heterocycles. The molecule has 106 valence electrons. The third-order valence-corrected chi connectivity index (χ3v) is 4.08. The van der Waals surface area contributed by atoms with Gasteiger partial charge >= 0.3 is 0 Å². The van der Waals surface area contributed by atoms with Crippen molar-refractivity contribution in [3.8, 4) is 11.4 Å². The topological polar surface area (TPSA) is 55.1 Å². The number of nitrogens with zero attached hydrogens (tertiary/aromatic N) is 4. The molecule has 0 aromatic carbocycles. The SMILES string of the molecule is c1cc(-c2cnc3ncccn23)nc(C2CCNCC2)c1. The number of piperidine rings is 1. The Labute approximate surface area is 123 Å². The molecule has 0 amide bonds. The molecule has 0 bridgehead atoms. The van der Waals surface area contributed by atoms with Crippen LogP contribution in [0.25, 0.3) is 17.2 Å². The highest BCUT2D eigenvalue weighted by Gasteiger charge is 2.17. The van der Waals surface area contributed by atoms with E-state index in [1.54, 1.807) is 6.20 Å². The summed E-state index contributed by atoms with van der Waals surface area (Å²) in [6.45, 7) is 2.16. The normalized spacial score (nSPS) is 16.4. The van der Waals surface area contributed by atoms with E-state index in [0.717, 1.165) is 37.3 Å². The van der Waals surface area contributed by atoms with Crippen molar-refractivity contribution in [2.45, 2.75) is 18.8 Å². The van der Waals surface area contributed by atoms with E-state index >= 15 is 0 Å². The first kappa shape index (κ1) is 12.5. The molecule has 0 radical (unpaired) electrons. The van der Waals surface area contributed by atoms with Gasteiger partial charge in [0.1, 0.15) is 0 Å². The van der Waals surface area contributed by atoms with E-state index in [9.17, 15) is 0 Å². The number of rotatable bonds is 2. The molecule has 0 spiro atoms. The average Bonchev–Trinajstić information content (AvgIpc) is 3.00. The zero-order chi connectivity index (χ0) is 14.1. The van der Waals surface area contributed by atoms with E-state index < -0.39 is 0 Å². The molecular weight excluding hydrogens is 262 g/mol. The summed E-state index contributed by atoms with van der Waals surface area (Å²) in [5, 5.41) is 3.40. The molecular formula is C16H17N5. The monoisotopic (exact) mass is 279 g/mol. The van der Waals surface area contributed by atoms with E-state index in [-0.39, 0.29) is 0 Å². The van der Waals surface area contributed by atoms with Crippen molar-refractivity contribution in [1.82, 2.24) is 24.7 Å². The number of imidazole rings is 1. The second-order valence-corrected chi connectivity index (χ2v) is 5.41. The van der Waals surface area contributed by atoms with Gasteiger partial charge in [-0.25, -0.2) is 9.97 Å². The van der Waals surface area contributed by atoms with Crippen LogP contribution < -0.4 is 5.32 Å². The molecule has 5 heteroatoms. The smallest absolute Gasteiger partial charge is 0.234 e. The molecule has 1 N–H and O–H groups in total. The summed E-state index contributed by atoms with van der Waals surface area (Å²) in [6.07, 6.45) is 7.89. The van der Waals surface area contributed by atoms with E-state index in [1.165, 1.54) is 5.69 Å². The van der Waals surface area contributed by atoms with E-state index in [4.69, 9.17) is 4.98 Å². The van der Waals surface area contributed by atoms with Crippen LogP contribution >= 0.6 is 0 Å². The molecule has 1 fully saturated rings. The van der Waals surface area contributed by atoms with Gasteiger partial charge in [-0.2, -0.15) is 0 Å². The molecule has 3 aromatic heterocycles. The van der Waals surface area contributed by atoms with Crippen molar-refractivity contribution in [1.29, 1.82) is 0 Å². The quantitative estimate of drug-likeness (QED) is 0.782. The highest BCUT2D eigenvalue weighted by Crippen LogP contribution is 2.26. The third kappa shape index (κ3) is 2.29. The Morgan fingerprint density at radius 1 is 1.10 bits per heavy atom. The summed E-state index contributed by atoms with van der Waals surface area (Å²) in [5.41, 5.74) is 3.15. The zero-order valence-corrected chi connectivity index (χ0v) is 11.7. The second kappa shape index (κ2) is 5.26. The van der Waals surface area contributed by atoms with Gasteiger partial charge in [0.05, 0.1) is 17.6 Å². The first-order valence-electron chi connectivity index (χ1n) is 7.38. The molecule has 4 rings (SSSR count). The molecule has 0 unspecified atom stereocenters. The van der Waals surface area contributed by atoms with E-state index in [1.807, 2.05) is 28.9 Å². The lowest BCUT2D eigenvalue weighted by molar-refractivity contribution is 0.453. The Balaban J connectivity index is 1.75. The zero-order valence-electron chi connectivity index (χ0n) is 11.7. The van der Waals surface area contributed by atoms with Gasteiger partial charge in [0.25, 0.3) is 0 Å². The van der Waals surface area contributed by atoms with Crippen LogP contribution in [0.4, 0.5) is 0 Å². The number of hydrogen-bond acceptors (Lipinski definition) is 4. The minimum absolute atomic E-state index is 0.559. The first-order valence-corrected chi connectivity index (χ1v) is 7.38. The Morgan fingerprint density at radius 3 is 2.90 bits per heavy atom. The minimum atomic E-state index is 0.559. The summed E-state index contributed by atoms with van der Waals surface area (Å²) < 4.78 is 1.98. The van der Waals surface area contributed by atoms with Crippen LogP contribution in [0.1, 0.15) is 24.5 Å². The second-order valence-electron chi connectivity index (χ2n) is 5.41. The van der Waals surface area contributed by atoms with Crippen molar-refractivity contribution >= 4 is 5.78 Å². The molecule has 1 saturated heterocycles. The molecule has 21 heavy (non-hydrogen) atoms. The lowest BCUT2D eigenvalue weighted by Crippen LogP contribution is -2.27. The average molecular weight is 279 g/mol. The molecule has 0 aliphatic carbocycles. The summed E-state index contributed by atoms with van der Waals surface area (Å²) in [5.74, 6) is 1.27. The predicted octanol–water partition coefficient (Wildman–Crippen LogP) is 2.26. The van der Waals surface area contributed by atoms with Crippen LogP contribution in [0, 0.1) is 0 Å². The van der Waals surface area contributed by atoms with Gasteiger partial charge in [-0.3, -0.25) is 9.38 Å². The Morgan fingerprint density at radius 2 is 2.00 bits per heavy atom. The van der Waals surface area contributed by atoms with Gasteiger partial charge in [0, 0.05) is 24.0 Å². The maximum atomic E-state index is 4.87. The van der Waals surface area contributed by atoms with Crippen molar-refractivity contribution in [3.63, 3.8) is 0 Å². The summed E-state index contributed by atoms with van der Waals surface area (Å²) in [4.78, 5) is 13.5. The third-order valence-electron chi connectivity index (χ3n) is 4.08. The lowest BCUT2D eigenvalue weighted by atomic mass is 9.94. The van der Waals surface area contributed by atoms with Gasteiger partial charge in [0.15, 0.2) is 0 Å². The highest BCUT2D eigenvalue weighted by molar-refractivity contribution is 5.58. The number of nitrogens with one attached hydrogen (secondary N) is 1. The van der Waals surface area contributed by atoms with Crippen LogP contribution in [0.3, 0.4) is 0 Å². The maximum Gasteiger partial charge on any atom is 0.234 e. The maximum absolute atomic E-state index is 4.87. The number of hydrogen-bond donors (Lipinski definition) is 1. The molecule has 1 aliphatic rings. The van der Waals surface area contributed by atoms with Crippen molar-refractivity contribution < 1.29 is 0 Å². The van der Waals surface area contributed by atoms with E-state index in [0.29, 0.717) is 11.7 Å². The number of fused-ring (bicyclic) bond motifs is 1. The van der Waals surface area contributed by atoms with Gasteiger partial charge in [-0.05, 0) is 44.1 Å². The standard InChI is InChI=1S/C16H17N5/c1-3-13(12-5-8-17-9-6-12)20-14(4-1)15-11-19-16-18-7-2-10-21(15)16/h1-4,7,10-12,17H,5-6,8-9H2. The Kier molecular flexibility index (Phi) is 3.12. The Bertz CT molecular complexity index is 758. The highest BCUT2D eigenvalue weighted by atomic mass is 15.1. The van der Waals surface area contributed by atoms with E-state index in [2.05, 4.69) is 27.4 Å². The largest absolute Gasteiger partial charge is 0.317 e. The fourth-order valence-corrected chi connectivity index (χ4v) is 2.96. The summed E-state index contributed by atoms with van der Waals surface area (Å²) in [7, 11) is 0. The van der Waals surface area contributed by atoms with Crippen LogP contribution in [-0.4, -0.2) is 32.4 Å². The summed E-state index contributed by atoms with van der Waals surface area (Å²) in [6, 6.07) is 8.19.